The van der Waals surface area contributed by atoms with Gasteiger partial charge in [-0.05, 0) is 12.0 Å². The van der Waals surface area contributed by atoms with Crippen LogP contribution < -0.4 is 0 Å². The quantitative estimate of drug-likeness (QED) is 0.472. The van der Waals surface area contributed by atoms with Gasteiger partial charge in [0.05, 0.1) is 6.61 Å². The molecule has 0 aliphatic carbocycles. The number of hydrogen-bond donors (Lipinski definition) is 0. The summed E-state index contributed by atoms with van der Waals surface area (Å²) in [6.45, 7) is -0.0994. The number of benzene rings is 1. The highest BCUT2D eigenvalue weighted by Gasteiger charge is 2.58. The third kappa shape index (κ3) is 2.42. The summed E-state index contributed by atoms with van der Waals surface area (Å²) in [7, 11) is 0. The van der Waals surface area contributed by atoms with Gasteiger partial charge >= 0.3 is 6.30 Å². The Morgan fingerprint density at radius 1 is 1.37 bits per heavy atom. The first-order valence-electron chi connectivity index (χ1n) is 5.59. The van der Waals surface area contributed by atoms with Crippen molar-refractivity contribution in [3.63, 3.8) is 0 Å². The van der Waals surface area contributed by atoms with Crippen LogP contribution in [0.2, 0.25) is 0 Å². The molecule has 0 spiro atoms. The van der Waals surface area contributed by atoms with Gasteiger partial charge in [0.15, 0.2) is 0 Å². The van der Waals surface area contributed by atoms with Crippen molar-refractivity contribution in [2.75, 3.05) is 6.61 Å². The van der Waals surface area contributed by atoms with Crippen LogP contribution in [0.1, 0.15) is 12.0 Å². The summed E-state index contributed by atoms with van der Waals surface area (Å²) >= 11 is 3.19. The lowest BCUT2D eigenvalue weighted by Crippen LogP contribution is -2.61. The maximum absolute atomic E-state index is 13.1. The molecule has 0 amide bonds. The van der Waals surface area contributed by atoms with E-state index >= 15 is 0 Å². The number of rotatable bonds is 2. The number of hydroxylamine groups is 2. The molecule has 2 rings (SSSR count). The summed E-state index contributed by atoms with van der Waals surface area (Å²) in [6, 6.07) is 7.81. The van der Waals surface area contributed by atoms with Gasteiger partial charge in [-0.3, -0.25) is 4.84 Å². The molecule has 1 aromatic carbocycles. The van der Waals surface area contributed by atoms with Gasteiger partial charge in [-0.1, -0.05) is 51.3 Å². The Hall–Kier alpha value is -0.920. The van der Waals surface area contributed by atoms with Gasteiger partial charge in [0.1, 0.15) is 11.8 Å². The molecule has 0 aromatic heterocycles. The Morgan fingerprint density at radius 2 is 2.00 bits per heavy atom. The lowest BCUT2D eigenvalue weighted by molar-refractivity contribution is -0.411. The van der Waals surface area contributed by atoms with Crippen LogP contribution in [0.4, 0.5) is 13.2 Å². The number of carbonyl (C=O) groups is 1. The van der Waals surface area contributed by atoms with E-state index in [0.717, 1.165) is 0 Å². The monoisotopic (exact) mass is 337 g/mol. The van der Waals surface area contributed by atoms with Crippen molar-refractivity contribution < 1.29 is 22.8 Å². The van der Waals surface area contributed by atoms with E-state index in [0.29, 0.717) is 6.42 Å². The first-order valence-corrected chi connectivity index (χ1v) is 6.50. The Morgan fingerprint density at radius 3 is 2.53 bits per heavy atom. The molecule has 0 radical (unpaired) electrons. The summed E-state index contributed by atoms with van der Waals surface area (Å²) in [4.78, 5) is 15.5. The van der Waals surface area contributed by atoms with Crippen molar-refractivity contribution in [2.45, 2.75) is 23.1 Å². The molecule has 1 aliphatic heterocycles. The molecule has 1 aliphatic rings. The van der Waals surface area contributed by atoms with E-state index in [1.165, 1.54) is 12.1 Å². The molecule has 2 unspecified atom stereocenters. The van der Waals surface area contributed by atoms with Crippen molar-refractivity contribution >= 4 is 22.2 Å². The van der Waals surface area contributed by atoms with Crippen LogP contribution >= 0.6 is 15.9 Å². The molecule has 3 nitrogen and oxygen atoms in total. The van der Waals surface area contributed by atoms with Gasteiger partial charge in [0.25, 0.3) is 0 Å². The molecule has 0 N–H and O–H groups in total. The second kappa shape index (κ2) is 5.22. The average molecular weight is 338 g/mol. The van der Waals surface area contributed by atoms with Crippen LogP contribution in [0.25, 0.3) is 0 Å². The third-order valence-corrected chi connectivity index (χ3v) is 4.21. The smallest absolute Gasteiger partial charge is 0.301 e. The second-order valence-electron chi connectivity index (χ2n) is 4.16. The molecule has 1 aromatic rings. The van der Waals surface area contributed by atoms with Gasteiger partial charge in [0, 0.05) is 4.83 Å². The van der Waals surface area contributed by atoms with Crippen molar-refractivity contribution in [3.8, 4) is 0 Å². The Bertz CT molecular complexity index is 454. The van der Waals surface area contributed by atoms with Gasteiger partial charge in [-0.15, -0.1) is 0 Å². The fourth-order valence-corrected chi connectivity index (χ4v) is 2.92. The summed E-state index contributed by atoms with van der Waals surface area (Å²) in [6.07, 6.45) is -4.17. The Balaban J connectivity index is 2.57. The van der Waals surface area contributed by atoms with Gasteiger partial charge in [-0.25, -0.2) is 0 Å². The molecule has 19 heavy (non-hydrogen) atoms. The lowest BCUT2D eigenvalue weighted by Gasteiger charge is -2.45. The first-order chi connectivity index (χ1) is 8.93. The van der Waals surface area contributed by atoms with Crippen LogP contribution in [0, 0.1) is 0 Å². The van der Waals surface area contributed by atoms with E-state index < -0.39 is 16.7 Å². The van der Waals surface area contributed by atoms with Gasteiger partial charge in [0.2, 0.25) is 0 Å². The van der Waals surface area contributed by atoms with Crippen molar-refractivity contribution in [2.24, 2.45) is 0 Å². The highest BCUT2D eigenvalue weighted by Crippen LogP contribution is 2.44. The number of halogens is 4. The fourth-order valence-electron chi connectivity index (χ4n) is 2.18. The molecule has 0 bridgehead atoms. The van der Waals surface area contributed by atoms with Crippen LogP contribution in [0.15, 0.2) is 30.3 Å². The zero-order valence-electron chi connectivity index (χ0n) is 9.73. The highest BCUT2D eigenvalue weighted by molar-refractivity contribution is 9.09. The van der Waals surface area contributed by atoms with Crippen molar-refractivity contribution in [1.29, 1.82) is 0 Å². The minimum atomic E-state index is -4.76. The van der Waals surface area contributed by atoms with E-state index in [9.17, 15) is 18.0 Å². The molecule has 2 atom stereocenters. The molecule has 7 heteroatoms. The average Bonchev–Trinajstić information content (AvgIpc) is 2.38. The number of carbonyl (C=O) groups excluding carboxylic acids is 1. The largest absolute Gasteiger partial charge is 0.484 e. The fraction of sp³-hybridized carbons (Fsp3) is 0.417. The van der Waals surface area contributed by atoms with E-state index in [-0.39, 0.29) is 23.5 Å². The van der Waals surface area contributed by atoms with E-state index in [1.54, 1.807) is 18.2 Å². The second-order valence-corrected chi connectivity index (χ2v) is 5.27. The third-order valence-electron chi connectivity index (χ3n) is 3.05. The summed E-state index contributed by atoms with van der Waals surface area (Å²) in [5.41, 5.74) is -1.67. The van der Waals surface area contributed by atoms with E-state index in [1.807, 2.05) is 0 Å². The first kappa shape index (κ1) is 14.5. The van der Waals surface area contributed by atoms with Crippen molar-refractivity contribution in [3.05, 3.63) is 35.9 Å². The van der Waals surface area contributed by atoms with Gasteiger partial charge < -0.3 is 4.79 Å². The molecular formula is C12H11BrF3NO2. The maximum Gasteiger partial charge on any atom is 0.484 e. The molecule has 0 saturated carbocycles. The molecule has 104 valence electrons. The summed E-state index contributed by atoms with van der Waals surface area (Å²) in [5, 5.41) is -0.161. The van der Waals surface area contributed by atoms with Crippen LogP contribution in [0.3, 0.4) is 0 Å². The lowest BCUT2D eigenvalue weighted by atomic mass is 9.85. The van der Waals surface area contributed by atoms with Crippen molar-refractivity contribution in [1.82, 2.24) is 5.06 Å². The van der Waals surface area contributed by atoms with E-state index in [4.69, 9.17) is 4.84 Å². The normalized spacial score (nSPS) is 29.2. The zero-order chi connectivity index (χ0) is 14.1. The van der Waals surface area contributed by atoms with Crippen LogP contribution in [-0.4, -0.2) is 29.1 Å². The minimum absolute atomic E-state index is 0.0994. The summed E-state index contributed by atoms with van der Waals surface area (Å²) < 4.78 is 39.3. The SMILES string of the molecule is O=CC1(c2ccccc2)C(Br)CCON1C(F)(F)F. The maximum atomic E-state index is 13.1. The standard InChI is InChI=1S/C12H11BrF3NO2/c13-10-6-7-19-17(12(14,15)16)11(10,8-18)9-4-2-1-3-5-9/h1-5,8,10H,6-7H2. The number of nitrogens with zero attached hydrogens (tertiary/aromatic N) is 1. The summed E-state index contributed by atoms with van der Waals surface area (Å²) in [5.74, 6) is 0. The Kier molecular flexibility index (Phi) is 3.98. The topological polar surface area (TPSA) is 29.5 Å². The molecule has 1 fully saturated rings. The number of hydrogen-bond acceptors (Lipinski definition) is 3. The van der Waals surface area contributed by atoms with E-state index in [2.05, 4.69) is 15.9 Å². The minimum Gasteiger partial charge on any atom is -0.301 e. The molecular weight excluding hydrogens is 327 g/mol. The number of alkyl halides is 4. The Labute approximate surface area is 116 Å². The van der Waals surface area contributed by atoms with Crippen LogP contribution in [-0.2, 0) is 15.2 Å². The van der Waals surface area contributed by atoms with Gasteiger partial charge in [-0.2, -0.15) is 13.2 Å². The molecule has 1 heterocycles. The molecule has 1 saturated heterocycles. The predicted molar refractivity (Wildman–Crippen MR) is 65.4 cm³/mol. The van der Waals surface area contributed by atoms with Crippen LogP contribution in [0.5, 0.6) is 0 Å². The number of aldehydes is 1. The highest BCUT2D eigenvalue weighted by atomic mass is 79.9. The zero-order valence-corrected chi connectivity index (χ0v) is 11.3. The predicted octanol–water partition coefficient (Wildman–Crippen LogP) is 3.00.